The smallest absolute Gasteiger partial charge is 0.280 e. The Kier molecular flexibility index (Phi) is 3.47. The zero-order valence-corrected chi connectivity index (χ0v) is 11.3. The number of benzene rings is 1. The van der Waals surface area contributed by atoms with Crippen molar-refractivity contribution in [1.82, 2.24) is 20.7 Å². The normalized spacial score (nSPS) is 18.4. The second kappa shape index (κ2) is 5.42. The molecule has 2 N–H and O–H groups in total. The summed E-state index contributed by atoms with van der Waals surface area (Å²) in [6.07, 6.45) is 3.42. The number of carbonyl (C=O) groups is 1. The number of anilines is 1. The fourth-order valence-corrected chi connectivity index (χ4v) is 2.71. The number of hydrogen-bond acceptors (Lipinski definition) is 4. The first-order valence-electron chi connectivity index (χ1n) is 6.75. The molecule has 2 aromatic rings. The van der Waals surface area contributed by atoms with Crippen LogP contribution < -0.4 is 10.2 Å². The van der Waals surface area contributed by atoms with Gasteiger partial charge in [-0.1, -0.05) is 18.2 Å². The van der Waals surface area contributed by atoms with Gasteiger partial charge in [0.1, 0.15) is 0 Å². The van der Waals surface area contributed by atoms with E-state index in [1.807, 2.05) is 25.2 Å². The highest BCUT2D eigenvalue weighted by molar-refractivity contribution is 6.05. The van der Waals surface area contributed by atoms with E-state index in [2.05, 4.69) is 26.8 Å². The third kappa shape index (κ3) is 2.18. The van der Waals surface area contributed by atoms with Gasteiger partial charge in [-0.15, -0.1) is 0 Å². The van der Waals surface area contributed by atoms with E-state index in [1.165, 1.54) is 6.20 Å². The van der Waals surface area contributed by atoms with Crippen molar-refractivity contribution in [1.29, 1.82) is 0 Å². The largest absolute Gasteiger partial charge is 0.313 e. The molecule has 1 aromatic carbocycles. The van der Waals surface area contributed by atoms with Gasteiger partial charge in [0.15, 0.2) is 5.69 Å². The van der Waals surface area contributed by atoms with Crippen molar-refractivity contribution < 1.29 is 4.79 Å². The Morgan fingerprint density at radius 2 is 2.30 bits per heavy atom. The Labute approximate surface area is 117 Å². The third-order valence-corrected chi connectivity index (χ3v) is 3.71. The number of nitrogens with zero attached hydrogens (tertiary/aromatic N) is 3. The third-order valence-electron chi connectivity index (χ3n) is 3.71. The lowest BCUT2D eigenvalue weighted by Crippen LogP contribution is -2.32. The van der Waals surface area contributed by atoms with Crippen molar-refractivity contribution in [2.75, 3.05) is 18.5 Å². The van der Waals surface area contributed by atoms with Crippen LogP contribution in [0.15, 0.2) is 30.5 Å². The van der Waals surface area contributed by atoms with Crippen LogP contribution in [0.25, 0.3) is 0 Å². The van der Waals surface area contributed by atoms with Gasteiger partial charge in [0, 0.05) is 18.3 Å². The van der Waals surface area contributed by atoms with Gasteiger partial charge in [-0.05, 0) is 31.5 Å². The summed E-state index contributed by atoms with van der Waals surface area (Å²) in [5, 5.41) is 13.4. The van der Waals surface area contributed by atoms with E-state index < -0.39 is 0 Å². The van der Waals surface area contributed by atoms with Crippen molar-refractivity contribution in [3.8, 4) is 0 Å². The highest BCUT2D eigenvalue weighted by Gasteiger charge is 2.27. The average Bonchev–Trinajstić information content (AvgIpc) is 2.95. The number of fused-ring (bicyclic) bond motifs is 1. The summed E-state index contributed by atoms with van der Waals surface area (Å²) in [6.45, 7) is 0.695. The monoisotopic (exact) mass is 271 g/mol. The molecule has 1 aromatic heterocycles. The van der Waals surface area contributed by atoms with E-state index in [0.29, 0.717) is 12.2 Å². The van der Waals surface area contributed by atoms with E-state index >= 15 is 0 Å². The van der Waals surface area contributed by atoms with Crippen LogP contribution in [-0.4, -0.2) is 34.9 Å². The fraction of sp³-hybridized carbons (Fsp3) is 0.357. The van der Waals surface area contributed by atoms with Crippen molar-refractivity contribution in [2.45, 2.75) is 18.9 Å². The molecule has 0 saturated heterocycles. The van der Waals surface area contributed by atoms with Gasteiger partial charge >= 0.3 is 0 Å². The summed E-state index contributed by atoms with van der Waals surface area (Å²) < 4.78 is 0. The Morgan fingerprint density at radius 3 is 3.05 bits per heavy atom. The Hall–Kier alpha value is -2.21. The molecule has 104 valence electrons. The maximum absolute atomic E-state index is 12.6. The first-order chi connectivity index (χ1) is 9.81. The number of carbonyl (C=O) groups excluding carboxylic acids is 1. The summed E-state index contributed by atoms with van der Waals surface area (Å²) in [5.41, 5.74) is 2.46. The first-order valence-corrected chi connectivity index (χ1v) is 6.75. The molecule has 2 heterocycles. The molecule has 0 saturated carbocycles. The molecule has 3 rings (SSSR count). The van der Waals surface area contributed by atoms with Gasteiger partial charge in [-0.2, -0.15) is 15.4 Å². The van der Waals surface area contributed by atoms with Gasteiger partial charge < -0.3 is 10.2 Å². The maximum atomic E-state index is 12.6. The summed E-state index contributed by atoms with van der Waals surface area (Å²) in [4.78, 5) is 14.4. The van der Waals surface area contributed by atoms with Crippen LogP contribution in [0.3, 0.4) is 0 Å². The minimum Gasteiger partial charge on any atom is -0.313 e. The molecular weight excluding hydrogens is 254 g/mol. The summed E-state index contributed by atoms with van der Waals surface area (Å²) in [5.74, 6) is -0.108. The molecule has 0 aliphatic carbocycles. The predicted molar refractivity (Wildman–Crippen MR) is 75.5 cm³/mol. The lowest BCUT2D eigenvalue weighted by molar-refractivity contribution is 0.0982. The molecule has 1 aliphatic heterocycles. The standard InChI is InChI=1S/C14H17N5O/c1-15-11-6-4-8-19(13-7-3-2-5-10(11)13)14(20)12-9-16-18-17-12/h2-3,5,7,9,11,15H,4,6,8H2,1H3,(H,16,17,18). The Bertz CT molecular complexity index is 595. The minimum absolute atomic E-state index is 0.108. The van der Waals surface area contributed by atoms with E-state index in [0.717, 1.165) is 24.1 Å². The van der Waals surface area contributed by atoms with Crippen LogP contribution in [-0.2, 0) is 0 Å². The number of para-hydroxylation sites is 1. The van der Waals surface area contributed by atoms with Crippen molar-refractivity contribution in [2.24, 2.45) is 0 Å². The molecule has 0 fully saturated rings. The first kappa shape index (κ1) is 12.8. The quantitative estimate of drug-likeness (QED) is 0.868. The molecule has 6 nitrogen and oxygen atoms in total. The van der Waals surface area contributed by atoms with Gasteiger partial charge in [0.25, 0.3) is 5.91 Å². The number of rotatable bonds is 2. The molecule has 0 spiro atoms. The van der Waals surface area contributed by atoms with Gasteiger partial charge in [0.2, 0.25) is 0 Å². The SMILES string of the molecule is CNC1CCCN(C(=O)c2cn[nH]n2)c2ccccc21. The highest BCUT2D eigenvalue weighted by atomic mass is 16.2. The fourth-order valence-electron chi connectivity index (χ4n) is 2.71. The van der Waals surface area contributed by atoms with Crippen molar-refractivity contribution >= 4 is 11.6 Å². The number of H-pyrrole nitrogens is 1. The number of nitrogens with one attached hydrogen (secondary N) is 2. The highest BCUT2D eigenvalue weighted by Crippen LogP contribution is 2.33. The zero-order chi connectivity index (χ0) is 13.9. The Balaban J connectivity index is 2.01. The molecular formula is C14H17N5O. The zero-order valence-electron chi connectivity index (χ0n) is 11.3. The predicted octanol–water partition coefficient (Wildman–Crippen LogP) is 1.51. The number of aromatic amines is 1. The number of aromatic nitrogens is 3. The molecule has 1 amide bonds. The second-order valence-corrected chi connectivity index (χ2v) is 4.85. The number of amides is 1. The van der Waals surface area contributed by atoms with Crippen molar-refractivity contribution in [3.05, 3.63) is 41.7 Å². The van der Waals surface area contributed by atoms with Crippen LogP contribution in [0, 0.1) is 0 Å². The summed E-state index contributed by atoms with van der Waals surface area (Å²) >= 11 is 0. The molecule has 1 atom stereocenters. The average molecular weight is 271 g/mol. The van der Waals surface area contributed by atoms with Gasteiger partial charge in [-0.3, -0.25) is 4.79 Å². The van der Waals surface area contributed by atoms with Crippen LogP contribution >= 0.6 is 0 Å². The topological polar surface area (TPSA) is 73.9 Å². The van der Waals surface area contributed by atoms with Crippen LogP contribution in [0.2, 0.25) is 0 Å². The van der Waals surface area contributed by atoms with E-state index in [4.69, 9.17) is 0 Å². The van der Waals surface area contributed by atoms with Crippen molar-refractivity contribution in [3.63, 3.8) is 0 Å². The molecule has 0 radical (unpaired) electrons. The summed E-state index contributed by atoms with van der Waals surface area (Å²) in [6, 6.07) is 8.31. The van der Waals surface area contributed by atoms with Gasteiger partial charge in [-0.25, -0.2) is 0 Å². The van der Waals surface area contributed by atoms with Crippen LogP contribution in [0.4, 0.5) is 5.69 Å². The Morgan fingerprint density at radius 1 is 1.45 bits per heavy atom. The van der Waals surface area contributed by atoms with Crippen LogP contribution in [0.1, 0.15) is 34.9 Å². The van der Waals surface area contributed by atoms with Gasteiger partial charge in [0.05, 0.1) is 6.20 Å². The maximum Gasteiger partial charge on any atom is 0.280 e. The summed E-state index contributed by atoms with van der Waals surface area (Å²) in [7, 11) is 1.95. The molecule has 20 heavy (non-hydrogen) atoms. The number of hydrogen-bond donors (Lipinski definition) is 2. The molecule has 0 bridgehead atoms. The van der Waals surface area contributed by atoms with E-state index in [1.54, 1.807) is 4.90 Å². The molecule has 1 unspecified atom stereocenters. The molecule has 1 aliphatic rings. The minimum atomic E-state index is -0.108. The van der Waals surface area contributed by atoms with Crippen LogP contribution in [0.5, 0.6) is 0 Å². The lowest BCUT2D eigenvalue weighted by atomic mass is 10.0. The van der Waals surface area contributed by atoms with E-state index in [9.17, 15) is 4.79 Å². The second-order valence-electron chi connectivity index (χ2n) is 4.85. The molecule has 6 heteroatoms. The lowest BCUT2D eigenvalue weighted by Gasteiger charge is -2.23. The van der Waals surface area contributed by atoms with E-state index in [-0.39, 0.29) is 11.9 Å².